The number of imidazole rings is 1. The first-order chi connectivity index (χ1) is 9.65. The lowest BCUT2D eigenvalue weighted by atomic mass is 10.2. The minimum absolute atomic E-state index is 0.300. The number of nitrogens with zero attached hydrogens (tertiary/aromatic N) is 2. The van der Waals surface area contributed by atoms with Gasteiger partial charge in [-0.2, -0.15) is 0 Å². The van der Waals surface area contributed by atoms with Gasteiger partial charge >= 0.3 is 0 Å². The number of rotatable bonds is 3. The van der Waals surface area contributed by atoms with Gasteiger partial charge in [-0.15, -0.1) is 11.3 Å². The number of pyridine rings is 1. The summed E-state index contributed by atoms with van der Waals surface area (Å²) >= 11 is 1.25. The molecule has 3 aromatic heterocycles. The zero-order chi connectivity index (χ0) is 14.1. The summed E-state index contributed by atoms with van der Waals surface area (Å²) in [5, 5.41) is 4.85. The summed E-state index contributed by atoms with van der Waals surface area (Å²) in [6.45, 7) is 0. The van der Waals surface area contributed by atoms with Crippen molar-refractivity contribution >= 4 is 33.8 Å². The highest BCUT2D eigenvalue weighted by Crippen LogP contribution is 2.23. The lowest BCUT2D eigenvalue weighted by Gasteiger charge is -2.05. The highest BCUT2D eigenvalue weighted by Gasteiger charge is 2.14. The van der Waals surface area contributed by atoms with E-state index in [0.717, 1.165) is 5.65 Å². The van der Waals surface area contributed by atoms with Gasteiger partial charge in [0.25, 0.3) is 11.8 Å². The van der Waals surface area contributed by atoms with Crippen molar-refractivity contribution in [1.82, 2.24) is 9.38 Å². The van der Waals surface area contributed by atoms with Crippen LogP contribution in [0.25, 0.3) is 5.65 Å². The Morgan fingerprint density at radius 1 is 1.30 bits per heavy atom. The van der Waals surface area contributed by atoms with Gasteiger partial charge in [-0.25, -0.2) is 4.98 Å². The SMILES string of the molecule is NC(=O)c1ccsc1NC(=O)c1ccc2nccn2c1. The molecule has 3 aromatic rings. The van der Waals surface area contributed by atoms with Crippen LogP contribution in [-0.4, -0.2) is 21.2 Å². The van der Waals surface area contributed by atoms with Crippen molar-refractivity contribution in [3.63, 3.8) is 0 Å². The molecule has 0 atom stereocenters. The molecule has 100 valence electrons. The van der Waals surface area contributed by atoms with E-state index in [-0.39, 0.29) is 5.91 Å². The van der Waals surface area contributed by atoms with Gasteiger partial charge in [0.15, 0.2) is 0 Å². The van der Waals surface area contributed by atoms with E-state index < -0.39 is 5.91 Å². The van der Waals surface area contributed by atoms with Gasteiger partial charge in [0.1, 0.15) is 10.6 Å². The lowest BCUT2D eigenvalue weighted by Crippen LogP contribution is -2.16. The number of nitrogens with one attached hydrogen (secondary N) is 1. The first-order valence-electron chi connectivity index (χ1n) is 5.76. The highest BCUT2D eigenvalue weighted by atomic mass is 32.1. The van der Waals surface area contributed by atoms with Gasteiger partial charge < -0.3 is 15.5 Å². The molecule has 0 unspecified atom stereocenters. The van der Waals surface area contributed by atoms with Crippen molar-refractivity contribution in [2.45, 2.75) is 0 Å². The number of anilines is 1. The van der Waals surface area contributed by atoms with Crippen LogP contribution in [-0.2, 0) is 0 Å². The summed E-state index contributed by atoms with van der Waals surface area (Å²) in [5.74, 6) is -0.864. The Morgan fingerprint density at radius 3 is 2.95 bits per heavy atom. The lowest BCUT2D eigenvalue weighted by molar-refractivity contribution is 0.100. The normalized spacial score (nSPS) is 10.6. The van der Waals surface area contributed by atoms with E-state index >= 15 is 0 Å². The number of hydrogen-bond donors (Lipinski definition) is 2. The monoisotopic (exact) mass is 286 g/mol. The molecule has 0 aliphatic rings. The molecule has 3 N–H and O–H groups in total. The Labute approximate surface area is 117 Å². The van der Waals surface area contributed by atoms with Crippen LogP contribution in [0.1, 0.15) is 20.7 Å². The van der Waals surface area contributed by atoms with Crippen molar-refractivity contribution in [3.8, 4) is 0 Å². The van der Waals surface area contributed by atoms with Crippen LogP contribution in [0.2, 0.25) is 0 Å². The molecular weight excluding hydrogens is 276 g/mol. The van der Waals surface area contributed by atoms with Gasteiger partial charge in [-0.1, -0.05) is 0 Å². The van der Waals surface area contributed by atoms with Crippen LogP contribution in [0.3, 0.4) is 0 Å². The smallest absolute Gasteiger partial charge is 0.257 e. The van der Waals surface area contributed by atoms with Crippen LogP contribution in [0.15, 0.2) is 42.2 Å². The molecule has 0 aromatic carbocycles. The zero-order valence-corrected chi connectivity index (χ0v) is 11.1. The molecule has 0 spiro atoms. The molecule has 0 bridgehead atoms. The largest absolute Gasteiger partial charge is 0.366 e. The standard InChI is InChI=1S/C13H10N4O2S/c14-11(18)9-3-6-20-13(9)16-12(19)8-1-2-10-15-4-5-17(10)7-8/h1-7H,(H2,14,18)(H,16,19). The third-order valence-corrected chi connectivity index (χ3v) is 3.64. The Balaban J connectivity index is 1.88. The molecule has 3 rings (SSSR count). The minimum Gasteiger partial charge on any atom is -0.366 e. The van der Waals surface area contributed by atoms with Crippen LogP contribution < -0.4 is 11.1 Å². The molecule has 0 radical (unpaired) electrons. The quantitative estimate of drug-likeness (QED) is 0.768. The third kappa shape index (κ3) is 2.14. The first kappa shape index (κ1) is 12.4. The van der Waals surface area contributed by atoms with E-state index in [1.165, 1.54) is 11.3 Å². The molecule has 0 aliphatic carbocycles. The summed E-state index contributed by atoms with van der Waals surface area (Å²) in [5.41, 5.74) is 6.78. The van der Waals surface area contributed by atoms with E-state index in [0.29, 0.717) is 16.1 Å². The maximum Gasteiger partial charge on any atom is 0.257 e. The molecule has 20 heavy (non-hydrogen) atoms. The van der Waals surface area contributed by atoms with Crippen LogP contribution >= 0.6 is 11.3 Å². The number of thiophene rings is 1. The molecule has 0 fully saturated rings. The van der Waals surface area contributed by atoms with Crippen molar-refractivity contribution in [2.75, 3.05) is 5.32 Å². The number of fused-ring (bicyclic) bond motifs is 1. The second-order valence-corrected chi connectivity index (χ2v) is 5.01. The Kier molecular flexibility index (Phi) is 2.96. The number of nitrogens with two attached hydrogens (primary N) is 1. The predicted octanol–water partition coefficient (Wildman–Crippen LogP) is 1.75. The fourth-order valence-electron chi connectivity index (χ4n) is 1.83. The van der Waals surface area contributed by atoms with E-state index in [1.54, 1.807) is 46.6 Å². The first-order valence-corrected chi connectivity index (χ1v) is 6.64. The molecule has 0 saturated heterocycles. The minimum atomic E-state index is -0.563. The van der Waals surface area contributed by atoms with E-state index in [1.807, 2.05) is 0 Å². The fourth-order valence-corrected chi connectivity index (χ4v) is 2.62. The van der Waals surface area contributed by atoms with Crippen molar-refractivity contribution in [1.29, 1.82) is 0 Å². The predicted molar refractivity (Wildman–Crippen MR) is 76.0 cm³/mol. The second-order valence-electron chi connectivity index (χ2n) is 4.09. The molecule has 6 nitrogen and oxygen atoms in total. The van der Waals surface area contributed by atoms with Crippen molar-refractivity contribution in [3.05, 3.63) is 53.3 Å². The maximum absolute atomic E-state index is 12.2. The third-order valence-electron chi connectivity index (χ3n) is 2.81. The maximum atomic E-state index is 12.2. The summed E-state index contributed by atoms with van der Waals surface area (Å²) in [4.78, 5) is 27.5. The Morgan fingerprint density at radius 2 is 2.15 bits per heavy atom. The number of carbonyl (C=O) groups excluding carboxylic acids is 2. The number of aromatic nitrogens is 2. The van der Waals surface area contributed by atoms with Gasteiger partial charge in [0.2, 0.25) is 0 Å². The topological polar surface area (TPSA) is 89.5 Å². The molecule has 7 heteroatoms. The summed E-state index contributed by atoms with van der Waals surface area (Å²) < 4.78 is 1.75. The van der Waals surface area contributed by atoms with Crippen LogP contribution in [0.4, 0.5) is 5.00 Å². The molecule has 0 aliphatic heterocycles. The number of primary amides is 1. The van der Waals surface area contributed by atoms with Gasteiger partial charge in [-0.3, -0.25) is 9.59 Å². The summed E-state index contributed by atoms with van der Waals surface area (Å²) in [7, 11) is 0. The van der Waals surface area contributed by atoms with Gasteiger partial charge in [-0.05, 0) is 23.6 Å². The average molecular weight is 286 g/mol. The van der Waals surface area contributed by atoms with E-state index in [4.69, 9.17) is 5.73 Å². The van der Waals surface area contributed by atoms with E-state index in [2.05, 4.69) is 10.3 Å². The highest BCUT2D eigenvalue weighted by molar-refractivity contribution is 7.14. The van der Waals surface area contributed by atoms with Gasteiger partial charge in [0, 0.05) is 18.6 Å². The molecule has 0 saturated carbocycles. The fraction of sp³-hybridized carbons (Fsp3) is 0. The Hall–Kier alpha value is -2.67. The Bertz CT molecular complexity index is 805. The number of amides is 2. The van der Waals surface area contributed by atoms with Crippen LogP contribution in [0, 0.1) is 0 Å². The summed E-state index contributed by atoms with van der Waals surface area (Å²) in [6.07, 6.45) is 5.09. The van der Waals surface area contributed by atoms with Crippen molar-refractivity contribution in [2.24, 2.45) is 5.73 Å². The average Bonchev–Trinajstić information content (AvgIpc) is 3.05. The zero-order valence-electron chi connectivity index (χ0n) is 10.2. The molecule has 2 amide bonds. The number of hydrogen-bond acceptors (Lipinski definition) is 4. The molecular formula is C13H10N4O2S. The number of carbonyl (C=O) groups is 2. The molecule has 3 heterocycles. The second kappa shape index (κ2) is 4.78. The van der Waals surface area contributed by atoms with Gasteiger partial charge in [0.05, 0.1) is 11.1 Å². The van der Waals surface area contributed by atoms with Crippen molar-refractivity contribution < 1.29 is 9.59 Å². The van der Waals surface area contributed by atoms with E-state index in [9.17, 15) is 9.59 Å². The van der Waals surface area contributed by atoms with Crippen LogP contribution in [0.5, 0.6) is 0 Å². The summed E-state index contributed by atoms with van der Waals surface area (Å²) in [6, 6.07) is 5.01.